The van der Waals surface area contributed by atoms with Crippen LogP contribution >= 0.6 is 0 Å². The van der Waals surface area contributed by atoms with E-state index < -0.39 is 29.3 Å². The number of carbonyl (C=O) groups is 1. The topological polar surface area (TPSA) is 96.8 Å². The van der Waals surface area contributed by atoms with Gasteiger partial charge in [0.25, 0.3) is 5.92 Å². The van der Waals surface area contributed by atoms with Crippen LogP contribution in [0, 0.1) is 0 Å². The van der Waals surface area contributed by atoms with Crippen LogP contribution in [0.25, 0.3) is 11.3 Å². The van der Waals surface area contributed by atoms with Gasteiger partial charge in [0.2, 0.25) is 5.95 Å². The number of ether oxygens (including phenoxy) is 2. The number of aliphatic hydroxyl groups is 1. The zero-order valence-electron chi connectivity index (χ0n) is 18.5. The Morgan fingerprint density at radius 3 is 2.73 bits per heavy atom. The average molecular weight is 458 g/mol. The number of aromatic nitrogens is 2. The molecule has 2 N–H and O–H groups in total. The first-order valence-electron chi connectivity index (χ1n) is 11.1. The number of alkyl carbamates (subject to hydrolysis) is 1. The molecule has 1 aromatic heterocycles. The van der Waals surface area contributed by atoms with Crippen molar-refractivity contribution in [1.82, 2.24) is 15.3 Å². The van der Waals surface area contributed by atoms with E-state index in [2.05, 4.69) is 15.3 Å². The number of nitrogens with one attached hydrogen (secondary N) is 1. The first kappa shape index (κ1) is 20.6. The molecule has 0 radical (unpaired) electrons. The predicted octanol–water partition coefficient (Wildman–Crippen LogP) is 2.86. The van der Waals surface area contributed by atoms with E-state index in [1.54, 1.807) is 11.0 Å². The van der Waals surface area contributed by atoms with Crippen LogP contribution in [0.5, 0.6) is 5.75 Å². The van der Waals surface area contributed by atoms with Gasteiger partial charge < -0.3 is 24.8 Å². The Labute approximate surface area is 188 Å². The first-order valence-corrected chi connectivity index (χ1v) is 11.1. The van der Waals surface area contributed by atoms with E-state index in [0.717, 1.165) is 5.56 Å². The molecule has 1 aromatic carbocycles. The molecule has 33 heavy (non-hydrogen) atoms. The van der Waals surface area contributed by atoms with E-state index in [1.807, 2.05) is 32.9 Å². The van der Waals surface area contributed by atoms with E-state index in [4.69, 9.17) is 9.47 Å². The average Bonchev–Trinajstić information content (AvgIpc) is 3.36. The number of carbonyl (C=O) groups excluding carboxylic acids is 1. The summed E-state index contributed by atoms with van der Waals surface area (Å²) in [7, 11) is 0. The number of hydrogen-bond acceptors (Lipinski definition) is 7. The highest BCUT2D eigenvalue weighted by Crippen LogP contribution is 2.50. The number of hydrogen-bond donors (Lipinski definition) is 2. The van der Waals surface area contributed by atoms with Crippen LogP contribution in [0.4, 0.5) is 19.5 Å². The summed E-state index contributed by atoms with van der Waals surface area (Å²) in [6, 6.07) is 5.18. The largest absolute Gasteiger partial charge is 0.490 e. The second-order valence-electron chi connectivity index (χ2n) is 9.79. The number of fused-ring (bicyclic) bond motifs is 3. The Bertz CT molecular complexity index is 1200. The lowest BCUT2D eigenvalue weighted by molar-refractivity contribution is -0.00604. The number of halogens is 2. The molecule has 1 aliphatic carbocycles. The Morgan fingerprint density at radius 1 is 1.27 bits per heavy atom. The van der Waals surface area contributed by atoms with Crippen LogP contribution in [0.2, 0.25) is 0 Å². The lowest BCUT2D eigenvalue weighted by Gasteiger charge is -2.43. The second kappa shape index (κ2) is 6.31. The Balaban J connectivity index is 1.46. The lowest BCUT2D eigenvalue weighted by atomic mass is 9.78. The van der Waals surface area contributed by atoms with Crippen molar-refractivity contribution in [2.45, 2.75) is 62.8 Å². The molecule has 6 rings (SSSR count). The van der Waals surface area contributed by atoms with Gasteiger partial charge in [-0.2, -0.15) is 8.78 Å². The summed E-state index contributed by atoms with van der Waals surface area (Å²) in [5.74, 6) is -2.28. The van der Waals surface area contributed by atoms with Gasteiger partial charge in [0, 0.05) is 29.7 Å². The molecule has 4 aliphatic rings. The van der Waals surface area contributed by atoms with Gasteiger partial charge in [0.15, 0.2) is 0 Å². The molecule has 0 bridgehead atoms. The summed E-state index contributed by atoms with van der Waals surface area (Å²) in [6.45, 7) is 5.97. The number of anilines is 1. The maximum Gasteiger partial charge on any atom is 0.408 e. The van der Waals surface area contributed by atoms with Gasteiger partial charge in [-0.3, -0.25) is 0 Å². The molecule has 3 atom stereocenters. The highest BCUT2D eigenvalue weighted by molar-refractivity contribution is 5.76. The summed E-state index contributed by atoms with van der Waals surface area (Å²) in [6.07, 6.45) is -1.18. The fourth-order valence-corrected chi connectivity index (χ4v) is 5.31. The molecule has 1 amide bonds. The van der Waals surface area contributed by atoms with Gasteiger partial charge in [-0.05, 0) is 33.3 Å². The van der Waals surface area contributed by atoms with Crippen molar-refractivity contribution in [3.63, 3.8) is 0 Å². The van der Waals surface area contributed by atoms with Gasteiger partial charge in [-0.1, -0.05) is 12.1 Å². The number of benzene rings is 1. The van der Waals surface area contributed by atoms with E-state index in [0.29, 0.717) is 29.1 Å². The van der Waals surface area contributed by atoms with Crippen molar-refractivity contribution in [2.75, 3.05) is 18.1 Å². The van der Waals surface area contributed by atoms with E-state index in [9.17, 15) is 18.7 Å². The molecule has 2 fully saturated rings. The summed E-state index contributed by atoms with van der Waals surface area (Å²) in [5, 5.41) is 12.8. The smallest absolute Gasteiger partial charge is 0.408 e. The first-order chi connectivity index (χ1) is 15.5. The fraction of sp³-hybridized carbons (Fsp3) is 0.522. The maximum absolute atomic E-state index is 14.7. The summed E-state index contributed by atoms with van der Waals surface area (Å²) >= 11 is 0. The third kappa shape index (κ3) is 2.67. The monoisotopic (exact) mass is 458 g/mol. The minimum absolute atomic E-state index is 0.176. The molecule has 174 valence electrons. The van der Waals surface area contributed by atoms with Gasteiger partial charge >= 0.3 is 6.09 Å². The van der Waals surface area contributed by atoms with Gasteiger partial charge in [0.1, 0.15) is 29.2 Å². The molecule has 0 saturated carbocycles. The minimum atomic E-state index is -3.03. The van der Waals surface area contributed by atoms with Crippen molar-refractivity contribution in [2.24, 2.45) is 0 Å². The fourth-order valence-electron chi connectivity index (χ4n) is 5.31. The van der Waals surface area contributed by atoms with Crippen molar-refractivity contribution >= 4 is 12.0 Å². The minimum Gasteiger partial charge on any atom is -0.490 e. The van der Waals surface area contributed by atoms with Crippen LogP contribution in [-0.4, -0.2) is 52.1 Å². The third-order valence-corrected chi connectivity index (χ3v) is 7.57. The number of cyclic esters (lactones) is 1. The van der Waals surface area contributed by atoms with Gasteiger partial charge in [-0.25, -0.2) is 14.8 Å². The molecule has 3 aliphatic heterocycles. The summed E-state index contributed by atoms with van der Waals surface area (Å²) in [5.41, 5.74) is 0.399. The van der Waals surface area contributed by atoms with E-state index in [1.165, 1.54) is 0 Å². The molecule has 1 spiro atoms. The Hall–Kier alpha value is -3.01. The quantitative estimate of drug-likeness (QED) is 0.714. The van der Waals surface area contributed by atoms with Gasteiger partial charge in [-0.15, -0.1) is 0 Å². The number of alkyl halides is 2. The molecule has 2 saturated heterocycles. The molecule has 4 heterocycles. The van der Waals surface area contributed by atoms with Crippen molar-refractivity contribution in [3.8, 4) is 17.0 Å². The lowest BCUT2D eigenvalue weighted by Crippen LogP contribution is -2.59. The van der Waals surface area contributed by atoms with Gasteiger partial charge in [0.05, 0.1) is 17.8 Å². The highest BCUT2D eigenvalue weighted by atomic mass is 19.3. The number of nitrogens with zero attached hydrogens (tertiary/aromatic N) is 3. The van der Waals surface area contributed by atoms with Crippen LogP contribution in [-0.2, 0) is 22.6 Å². The number of aliphatic hydroxyl groups excluding tert-OH is 1. The Kier molecular flexibility index (Phi) is 3.94. The zero-order valence-corrected chi connectivity index (χ0v) is 18.5. The summed E-state index contributed by atoms with van der Waals surface area (Å²) < 4.78 is 40.8. The molecule has 8 nitrogen and oxygen atoms in total. The van der Waals surface area contributed by atoms with Crippen LogP contribution in [0.1, 0.15) is 44.0 Å². The van der Waals surface area contributed by atoms with Crippen LogP contribution < -0.4 is 15.0 Å². The van der Waals surface area contributed by atoms with E-state index >= 15 is 0 Å². The van der Waals surface area contributed by atoms with Crippen molar-refractivity contribution in [3.05, 3.63) is 35.0 Å². The highest BCUT2D eigenvalue weighted by Gasteiger charge is 2.60. The molecular formula is C23H24F2N4O4. The van der Waals surface area contributed by atoms with Crippen molar-refractivity contribution in [1.29, 1.82) is 0 Å². The molecular weight excluding hydrogens is 434 g/mol. The number of amides is 1. The normalized spacial score (nSPS) is 30.4. The van der Waals surface area contributed by atoms with Crippen LogP contribution in [0.15, 0.2) is 18.2 Å². The molecule has 10 heteroatoms. The standard InChI is InChI=1S/C23H24F2N4O4/c1-11-15(30)9-29(11)19-26-17(13-6-7-23(24,25)18(13)27-19)12-4-5-14-16(8-12)32-10-22(14)21(2,3)33-20(31)28-22/h4-5,8,11,15,30H,6-7,9-10H2,1-3H3,(H,28,31)/t11-,15+,22-/m0/s1. The zero-order chi connectivity index (χ0) is 23.3. The van der Waals surface area contributed by atoms with Crippen LogP contribution in [0.3, 0.4) is 0 Å². The third-order valence-electron chi connectivity index (χ3n) is 7.57. The maximum atomic E-state index is 14.7. The molecule has 2 aromatic rings. The second-order valence-corrected chi connectivity index (χ2v) is 9.79. The SMILES string of the molecule is C[C@H]1[C@H](O)CN1c1nc(-c2ccc3c(c2)OC[C@]32NC(=O)OC2(C)C)c2c(n1)C(F)(F)CC2. The van der Waals surface area contributed by atoms with E-state index in [-0.39, 0.29) is 37.1 Å². The Morgan fingerprint density at radius 2 is 2.06 bits per heavy atom. The number of rotatable bonds is 2. The van der Waals surface area contributed by atoms with Crippen molar-refractivity contribution < 1.29 is 28.2 Å². The number of β-amino-alcohol motifs (C(OH)–C–C–N with tert-alkyl or cyclic N) is 1. The molecule has 0 unspecified atom stereocenters. The predicted molar refractivity (Wildman–Crippen MR) is 113 cm³/mol. The summed E-state index contributed by atoms with van der Waals surface area (Å²) in [4.78, 5) is 22.6.